The summed E-state index contributed by atoms with van der Waals surface area (Å²) in [4.78, 5) is 18.9. The van der Waals surface area contributed by atoms with Gasteiger partial charge >= 0.3 is 0 Å². The number of nitrogens with zero attached hydrogens (tertiary/aromatic N) is 1. The largest absolute Gasteiger partial charge is 0.310 e. The Morgan fingerprint density at radius 1 is 1.67 bits per heavy atom. The molecule has 0 unspecified atom stereocenters. The SMILES string of the molecule is Cc1nc2sc(Br)cc2c(=O)[nH]1. The third kappa shape index (κ3) is 1.19. The summed E-state index contributed by atoms with van der Waals surface area (Å²) in [7, 11) is 0. The van der Waals surface area contributed by atoms with Crippen molar-refractivity contribution in [3.8, 4) is 0 Å². The lowest BCUT2D eigenvalue weighted by molar-refractivity contribution is 1.07. The highest BCUT2D eigenvalue weighted by Gasteiger charge is 2.04. The first-order valence-corrected chi connectivity index (χ1v) is 4.94. The predicted octanol–water partition coefficient (Wildman–Crippen LogP) is 2.06. The summed E-state index contributed by atoms with van der Waals surface area (Å²) >= 11 is 4.78. The lowest BCUT2D eigenvalue weighted by Crippen LogP contribution is -2.07. The number of aromatic nitrogens is 2. The van der Waals surface area contributed by atoms with Crippen LogP contribution in [0.4, 0.5) is 0 Å². The van der Waals surface area contributed by atoms with Crippen LogP contribution in [0, 0.1) is 6.92 Å². The molecule has 5 heteroatoms. The summed E-state index contributed by atoms with van der Waals surface area (Å²) in [6, 6.07) is 1.78. The maximum absolute atomic E-state index is 11.3. The summed E-state index contributed by atoms with van der Waals surface area (Å²) < 4.78 is 0.932. The molecule has 62 valence electrons. The Kier molecular flexibility index (Phi) is 1.77. The van der Waals surface area contributed by atoms with Crippen molar-refractivity contribution in [3.05, 3.63) is 26.0 Å². The minimum atomic E-state index is -0.0700. The summed E-state index contributed by atoms with van der Waals surface area (Å²) in [6.07, 6.45) is 0. The molecule has 0 fully saturated rings. The first-order valence-electron chi connectivity index (χ1n) is 3.33. The second-order valence-electron chi connectivity index (χ2n) is 2.42. The van der Waals surface area contributed by atoms with Gasteiger partial charge in [-0.05, 0) is 28.9 Å². The predicted molar refractivity (Wildman–Crippen MR) is 52.7 cm³/mol. The maximum atomic E-state index is 11.3. The van der Waals surface area contributed by atoms with Gasteiger partial charge in [0.15, 0.2) is 0 Å². The maximum Gasteiger partial charge on any atom is 0.259 e. The molecule has 0 aliphatic heterocycles. The Labute approximate surface area is 80.6 Å². The Morgan fingerprint density at radius 2 is 2.42 bits per heavy atom. The summed E-state index contributed by atoms with van der Waals surface area (Å²) in [5.74, 6) is 0.654. The standard InChI is InChI=1S/C7H5BrN2OS/c1-3-9-6(11)4-2-5(8)12-7(4)10-3/h2H,1H3,(H,9,10,11). The van der Waals surface area contributed by atoms with Crippen LogP contribution in [0.5, 0.6) is 0 Å². The van der Waals surface area contributed by atoms with Crippen molar-refractivity contribution in [3.63, 3.8) is 0 Å². The molecule has 12 heavy (non-hydrogen) atoms. The lowest BCUT2D eigenvalue weighted by atomic mass is 10.4. The fraction of sp³-hybridized carbons (Fsp3) is 0.143. The second-order valence-corrected chi connectivity index (χ2v) is 4.83. The fourth-order valence-corrected chi connectivity index (χ4v) is 2.50. The Balaban J connectivity index is 2.98. The third-order valence-electron chi connectivity index (χ3n) is 1.49. The van der Waals surface area contributed by atoms with Crippen LogP contribution in [-0.4, -0.2) is 9.97 Å². The highest BCUT2D eigenvalue weighted by atomic mass is 79.9. The number of nitrogens with one attached hydrogen (secondary N) is 1. The van der Waals surface area contributed by atoms with E-state index in [1.807, 2.05) is 0 Å². The Hall–Kier alpha value is -0.680. The Morgan fingerprint density at radius 3 is 3.17 bits per heavy atom. The molecule has 0 spiro atoms. The number of aromatic amines is 1. The number of rotatable bonds is 0. The first-order chi connectivity index (χ1) is 5.66. The molecule has 0 aromatic carbocycles. The molecule has 0 bridgehead atoms. The highest BCUT2D eigenvalue weighted by Crippen LogP contribution is 2.25. The quantitative estimate of drug-likeness (QED) is 0.772. The van der Waals surface area contributed by atoms with Crippen LogP contribution in [0.3, 0.4) is 0 Å². The van der Waals surface area contributed by atoms with Gasteiger partial charge in [0.25, 0.3) is 5.56 Å². The number of thiophene rings is 1. The number of hydrogen-bond donors (Lipinski definition) is 1. The molecule has 1 N–H and O–H groups in total. The number of aryl methyl sites for hydroxylation is 1. The zero-order valence-electron chi connectivity index (χ0n) is 6.22. The monoisotopic (exact) mass is 244 g/mol. The van der Waals surface area contributed by atoms with Crippen LogP contribution in [0.1, 0.15) is 5.82 Å². The van der Waals surface area contributed by atoms with Gasteiger partial charge in [-0.15, -0.1) is 11.3 Å². The molecule has 2 aromatic rings. The van der Waals surface area contributed by atoms with Crippen molar-refractivity contribution in [2.24, 2.45) is 0 Å². The van der Waals surface area contributed by atoms with E-state index < -0.39 is 0 Å². The number of fused-ring (bicyclic) bond motifs is 1. The van der Waals surface area contributed by atoms with Gasteiger partial charge in [-0.2, -0.15) is 0 Å². The highest BCUT2D eigenvalue weighted by molar-refractivity contribution is 9.11. The van der Waals surface area contributed by atoms with E-state index in [2.05, 4.69) is 25.9 Å². The molecule has 0 aliphatic rings. The van der Waals surface area contributed by atoms with Crippen molar-refractivity contribution >= 4 is 37.5 Å². The lowest BCUT2D eigenvalue weighted by Gasteiger charge is -1.89. The van der Waals surface area contributed by atoms with E-state index in [1.54, 1.807) is 13.0 Å². The van der Waals surface area contributed by atoms with Crippen LogP contribution >= 0.6 is 27.3 Å². The zero-order valence-corrected chi connectivity index (χ0v) is 8.62. The van der Waals surface area contributed by atoms with Crippen molar-refractivity contribution in [2.75, 3.05) is 0 Å². The van der Waals surface area contributed by atoms with Gasteiger partial charge < -0.3 is 4.98 Å². The van der Waals surface area contributed by atoms with E-state index >= 15 is 0 Å². The molecule has 2 aromatic heterocycles. The topological polar surface area (TPSA) is 45.8 Å². The number of H-pyrrole nitrogens is 1. The molecule has 2 rings (SSSR count). The molecule has 0 radical (unpaired) electrons. The average Bonchev–Trinajstić information content (AvgIpc) is 2.29. The van der Waals surface area contributed by atoms with Crippen LogP contribution in [-0.2, 0) is 0 Å². The van der Waals surface area contributed by atoms with Crippen molar-refractivity contribution in [1.29, 1.82) is 0 Å². The number of halogens is 1. The van der Waals surface area contributed by atoms with Gasteiger partial charge in [-0.1, -0.05) is 0 Å². The molecule has 0 atom stereocenters. The van der Waals surface area contributed by atoms with Crippen LogP contribution in [0.15, 0.2) is 14.6 Å². The molecule has 0 saturated heterocycles. The van der Waals surface area contributed by atoms with E-state index in [9.17, 15) is 4.79 Å². The molecule has 0 saturated carbocycles. The van der Waals surface area contributed by atoms with Gasteiger partial charge in [0.2, 0.25) is 0 Å². The van der Waals surface area contributed by atoms with Crippen LogP contribution in [0.2, 0.25) is 0 Å². The van der Waals surface area contributed by atoms with Crippen LogP contribution < -0.4 is 5.56 Å². The van der Waals surface area contributed by atoms with E-state index in [4.69, 9.17) is 0 Å². The Bertz CT molecular complexity index is 488. The molecular weight excluding hydrogens is 240 g/mol. The number of hydrogen-bond acceptors (Lipinski definition) is 3. The molecule has 3 nitrogen and oxygen atoms in total. The van der Waals surface area contributed by atoms with E-state index in [-0.39, 0.29) is 5.56 Å². The molecule has 2 heterocycles. The fourth-order valence-electron chi connectivity index (χ4n) is 1.01. The second kappa shape index (κ2) is 2.67. The van der Waals surface area contributed by atoms with Gasteiger partial charge in [0.1, 0.15) is 10.7 Å². The smallest absolute Gasteiger partial charge is 0.259 e. The van der Waals surface area contributed by atoms with E-state index in [0.29, 0.717) is 11.2 Å². The van der Waals surface area contributed by atoms with Crippen molar-refractivity contribution in [1.82, 2.24) is 9.97 Å². The van der Waals surface area contributed by atoms with Gasteiger partial charge in [-0.25, -0.2) is 4.98 Å². The van der Waals surface area contributed by atoms with Gasteiger partial charge in [0, 0.05) is 0 Å². The average molecular weight is 245 g/mol. The van der Waals surface area contributed by atoms with Crippen molar-refractivity contribution in [2.45, 2.75) is 6.92 Å². The molecule has 0 aliphatic carbocycles. The van der Waals surface area contributed by atoms with E-state index in [0.717, 1.165) is 8.62 Å². The van der Waals surface area contributed by atoms with Crippen molar-refractivity contribution < 1.29 is 0 Å². The molecule has 0 amide bonds. The third-order valence-corrected chi connectivity index (χ3v) is 3.02. The minimum Gasteiger partial charge on any atom is -0.310 e. The minimum absolute atomic E-state index is 0.0700. The zero-order chi connectivity index (χ0) is 8.72. The van der Waals surface area contributed by atoms with Gasteiger partial charge in [-0.3, -0.25) is 4.79 Å². The normalized spacial score (nSPS) is 10.8. The molecular formula is C7H5BrN2OS. The first kappa shape index (κ1) is 7.94. The van der Waals surface area contributed by atoms with Crippen LogP contribution in [0.25, 0.3) is 10.2 Å². The van der Waals surface area contributed by atoms with E-state index in [1.165, 1.54) is 11.3 Å². The summed E-state index contributed by atoms with van der Waals surface area (Å²) in [5.41, 5.74) is -0.0700. The van der Waals surface area contributed by atoms with Gasteiger partial charge in [0.05, 0.1) is 9.17 Å². The summed E-state index contributed by atoms with van der Waals surface area (Å²) in [5, 5.41) is 0.650. The summed E-state index contributed by atoms with van der Waals surface area (Å²) in [6.45, 7) is 1.77.